The highest BCUT2D eigenvalue weighted by Gasteiger charge is 2.01. The number of anilines is 1. The first-order valence-corrected chi connectivity index (χ1v) is 6.81. The molecule has 0 aliphatic carbocycles. The maximum Gasteiger partial charge on any atom is 0.0474 e. The molecule has 0 unspecified atom stereocenters. The van der Waals surface area contributed by atoms with Crippen molar-refractivity contribution in [3.63, 3.8) is 0 Å². The summed E-state index contributed by atoms with van der Waals surface area (Å²) in [7, 11) is 0. The van der Waals surface area contributed by atoms with E-state index in [2.05, 4.69) is 5.32 Å². The van der Waals surface area contributed by atoms with Gasteiger partial charge in [-0.3, -0.25) is 0 Å². The van der Waals surface area contributed by atoms with Crippen LogP contribution in [0.4, 0.5) is 5.69 Å². The van der Waals surface area contributed by atoms with Gasteiger partial charge in [-0.2, -0.15) is 0 Å². The van der Waals surface area contributed by atoms with Gasteiger partial charge in [0.1, 0.15) is 0 Å². The van der Waals surface area contributed by atoms with Crippen LogP contribution in [0.25, 0.3) is 0 Å². The molecule has 0 aromatic heterocycles. The molecule has 2 aromatic rings. The molecule has 18 heavy (non-hydrogen) atoms. The number of hydrogen-bond donors (Lipinski definition) is 1. The third-order valence-corrected chi connectivity index (χ3v) is 3.47. The summed E-state index contributed by atoms with van der Waals surface area (Å²) in [4.78, 5) is 0. The normalized spacial score (nSPS) is 10.4. The number of nitrogens with one attached hydrogen (secondary N) is 1. The second-order valence-electron chi connectivity index (χ2n) is 3.92. The second-order valence-corrected chi connectivity index (χ2v) is 5.03. The van der Waals surface area contributed by atoms with Gasteiger partial charge in [-0.15, -0.1) is 11.6 Å². The third kappa shape index (κ3) is 3.55. The number of benzene rings is 2. The second kappa shape index (κ2) is 6.33. The van der Waals surface area contributed by atoms with Crippen molar-refractivity contribution in [1.82, 2.24) is 0 Å². The molecule has 0 heterocycles. The predicted octanol–water partition coefficient (Wildman–Crippen LogP) is 5.34. The van der Waals surface area contributed by atoms with Crippen molar-refractivity contribution < 1.29 is 0 Å². The van der Waals surface area contributed by atoms with Gasteiger partial charge in [0.15, 0.2) is 0 Å². The van der Waals surface area contributed by atoms with Gasteiger partial charge in [0.05, 0.1) is 0 Å². The molecule has 0 aliphatic rings. The monoisotopic (exact) mass is 299 g/mol. The van der Waals surface area contributed by atoms with Gasteiger partial charge >= 0.3 is 0 Å². The summed E-state index contributed by atoms with van der Waals surface area (Å²) in [5.74, 6) is 0.511. The van der Waals surface area contributed by atoms with E-state index in [0.29, 0.717) is 22.5 Å². The van der Waals surface area contributed by atoms with Crippen LogP contribution in [0.15, 0.2) is 42.5 Å². The maximum absolute atomic E-state index is 6.11. The van der Waals surface area contributed by atoms with Crippen LogP contribution in [0.5, 0.6) is 0 Å². The Hall–Kier alpha value is -0.890. The topological polar surface area (TPSA) is 12.0 Å². The molecule has 1 nitrogen and oxygen atoms in total. The van der Waals surface area contributed by atoms with Crippen molar-refractivity contribution in [1.29, 1.82) is 0 Å². The lowest BCUT2D eigenvalue weighted by molar-refractivity contribution is 1.15. The molecule has 0 fully saturated rings. The van der Waals surface area contributed by atoms with Gasteiger partial charge in [0, 0.05) is 28.2 Å². The van der Waals surface area contributed by atoms with Gasteiger partial charge < -0.3 is 5.32 Å². The molecular formula is C14H12Cl3N. The molecule has 1 N–H and O–H groups in total. The Kier molecular flexibility index (Phi) is 4.76. The fourth-order valence-corrected chi connectivity index (χ4v) is 2.27. The lowest BCUT2D eigenvalue weighted by Gasteiger charge is -2.09. The minimum Gasteiger partial charge on any atom is -0.381 e. The minimum atomic E-state index is 0.511. The maximum atomic E-state index is 6.11. The van der Waals surface area contributed by atoms with E-state index >= 15 is 0 Å². The molecule has 0 saturated heterocycles. The van der Waals surface area contributed by atoms with Gasteiger partial charge in [-0.1, -0.05) is 41.4 Å². The molecule has 2 rings (SSSR count). The summed E-state index contributed by atoms with van der Waals surface area (Å²) in [5.41, 5.74) is 3.13. The highest BCUT2D eigenvalue weighted by Crippen LogP contribution is 2.22. The first kappa shape index (κ1) is 13.5. The zero-order valence-corrected chi connectivity index (χ0v) is 11.9. The predicted molar refractivity (Wildman–Crippen MR) is 79.8 cm³/mol. The Morgan fingerprint density at radius 1 is 1.00 bits per heavy atom. The Balaban J connectivity index is 2.06. The highest BCUT2D eigenvalue weighted by atomic mass is 35.5. The van der Waals surface area contributed by atoms with Crippen LogP contribution in [-0.2, 0) is 12.4 Å². The molecule has 0 bridgehead atoms. The Labute approximate surface area is 122 Å². The van der Waals surface area contributed by atoms with Crippen LogP contribution in [0.1, 0.15) is 11.1 Å². The van der Waals surface area contributed by atoms with Crippen LogP contribution < -0.4 is 5.32 Å². The van der Waals surface area contributed by atoms with Crippen molar-refractivity contribution >= 4 is 40.5 Å². The van der Waals surface area contributed by atoms with Crippen LogP contribution in [0.2, 0.25) is 10.0 Å². The largest absolute Gasteiger partial charge is 0.381 e. The molecule has 0 radical (unpaired) electrons. The van der Waals surface area contributed by atoms with E-state index in [1.165, 1.54) is 0 Å². The molecule has 0 saturated carbocycles. The number of hydrogen-bond acceptors (Lipinski definition) is 1. The summed E-state index contributed by atoms with van der Waals surface area (Å²) in [6.45, 7) is 0.655. The Morgan fingerprint density at radius 3 is 2.56 bits per heavy atom. The Bertz CT molecular complexity index is 540. The molecule has 0 amide bonds. The van der Waals surface area contributed by atoms with E-state index in [9.17, 15) is 0 Å². The van der Waals surface area contributed by atoms with Crippen molar-refractivity contribution in [3.05, 3.63) is 63.6 Å². The summed E-state index contributed by atoms with van der Waals surface area (Å²) >= 11 is 17.8. The fourth-order valence-electron chi connectivity index (χ4n) is 1.63. The lowest BCUT2D eigenvalue weighted by Crippen LogP contribution is -2.00. The number of rotatable bonds is 4. The first-order chi connectivity index (χ1) is 8.69. The van der Waals surface area contributed by atoms with Crippen LogP contribution in [0.3, 0.4) is 0 Å². The first-order valence-electron chi connectivity index (χ1n) is 5.52. The van der Waals surface area contributed by atoms with Gasteiger partial charge in [0.2, 0.25) is 0 Å². The summed E-state index contributed by atoms with van der Waals surface area (Å²) in [6.07, 6.45) is 0. The lowest BCUT2D eigenvalue weighted by atomic mass is 10.2. The van der Waals surface area contributed by atoms with Crippen molar-refractivity contribution in [2.45, 2.75) is 12.4 Å². The van der Waals surface area contributed by atoms with Crippen molar-refractivity contribution in [2.75, 3.05) is 5.32 Å². The van der Waals surface area contributed by atoms with Crippen LogP contribution in [0, 0.1) is 0 Å². The van der Waals surface area contributed by atoms with E-state index in [0.717, 1.165) is 16.8 Å². The summed E-state index contributed by atoms with van der Waals surface area (Å²) in [5, 5.41) is 4.63. The van der Waals surface area contributed by atoms with Crippen LogP contribution >= 0.6 is 34.8 Å². The summed E-state index contributed by atoms with van der Waals surface area (Å²) in [6, 6.07) is 13.5. The molecule has 0 aliphatic heterocycles. The zero-order chi connectivity index (χ0) is 13.0. The van der Waals surface area contributed by atoms with Crippen molar-refractivity contribution in [2.24, 2.45) is 0 Å². The quantitative estimate of drug-likeness (QED) is 0.751. The average Bonchev–Trinajstić information content (AvgIpc) is 2.38. The summed E-state index contributed by atoms with van der Waals surface area (Å²) < 4.78 is 0. The SMILES string of the molecule is ClCc1cccc(NCc2ccc(Cl)cc2Cl)c1. The third-order valence-electron chi connectivity index (χ3n) is 2.58. The van der Waals surface area contributed by atoms with Gasteiger partial charge in [-0.25, -0.2) is 0 Å². The molecule has 0 atom stereocenters. The van der Waals surface area contributed by atoms with Crippen LogP contribution in [-0.4, -0.2) is 0 Å². The smallest absolute Gasteiger partial charge is 0.0474 e. The number of halogens is 3. The van der Waals surface area contributed by atoms with E-state index < -0.39 is 0 Å². The average molecular weight is 301 g/mol. The molecule has 2 aromatic carbocycles. The Morgan fingerprint density at radius 2 is 1.83 bits per heavy atom. The van der Waals surface area contributed by atoms with E-state index in [1.54, 1.807) is 6.07 Å². The van der Waals surface area contributed by atoms with E-state index in [4.69, 9.17) is 34.8 Å². The minimum absolute atomic E-state index is 0.511. The molecule has 4 heteroatoms. The number of alkyl halides is 1. The highest BCUT2D eigenvalue weighted by molar-refractivity contribution is 6.35. The molecule has 0 spiro atoms. The van der Waals surface area contributed by atoms with Gasteiger partial charge in [-0.05, 0) is 35.4 Å². The van der Waals surface area contributed by atoms with Gasteiger partial charge in [0.25, 0.3) is 0 Å². The molecular weight excluding hydrogens is 289 g/mol. The van der Waals surface area contributed by atoms with E-state index in [-0.39, 0.29) is 0 Å². The van der Waals surface area contributed by atoms with E-state index in [1.807, 2.05) is 36.4 Å². The standard InChI is InChI=1S/C14H12Cl3N/c15-8-10-2-1-3-13(6-10)18-9-11-4-5-12(16)7-14(11)17/h1-7,18H,8-9H2. The zero-order valence-electron chi connectivity index (χ0n) is 9.59. The fraction of sp³-hybridized carbons (Fsp3) is 0.143. The van der Waals surface area contributed by atoms with Crippen molar-refractivity contribution in [3.8, 4) is 0 Å². The molecule has 94 valence electrons.